The van der Waals surface area contributed by atoms with E-state index in [4.69, 9.17) is 28.0 Å². The van der Waals surface area contributed by atoms with Crippen molar-refractivity contribution in [2.45, 2.75) is 60.1 Å². The lowest BCUT2D eigenvalue weighted by Crippen LogP contribution is -2.41. The molecular formula is C42H43FN3O10PS. The first kappa shape index (κ1) is 40.1. The number of sulfone groups is 1. The van der Waals surface area contributed by atoms with Gasteiger partial charge in [0.15, 0.2) is 22.2 Å². The molecule has 304 valence electrons. The number of rotatable bonds is 14. The first-order chi connectivity index (χ1) is 28.1. The molecule has 58 heavy (non-hydrogen) atoms. The van der Waals surface area contributed by atoms with Crippen molar-refractivity contribution in [2.24, 2.45) is 0 Å². The average Bonchev–Trinajstić information content (AvgIpc) is 3.95. The highest BCUT2D eigenvalue weighted by Gasteiger charge is 2.55. The number of fused-ring (bicyclic) bond motifs is 1. The van der Waals surface area contributed by atoms with E-state index in [-0.39, 0.29) is 23.3 Å². The van der Waals surface area contributed by atoms with Crippen LogP contribution in [0.3, 0.4) is 0 Å². The Balaban J connectivity index is 1.16. The van der Waals surface area contributed by atoms with Crippen molar-refractivity contribution < 1.29 is 40.8 Å². The zero-order valence-corrected chi connectivity index (χ0v) is 33.5. The van der Waals surface area contributed by atoms with Gasteiger partial charge in [-0.3, -0.25) is 4.79 Å². The van der Waals surface area contributed by atoms with Gasteiger partial charge in [-0.05, 0) is 65.9 Å². The highest BCUT2D eigenvalue weighted by atomic mass is 32.2. The molecule has 3 aliphatic rings. The van der Waals surface area contributed by atoms with Crippen LogP contribution in [0.5, 0.6) is 11.5 Å². The summed E-state index contributed by atoms with van der Waals surface area (Å²) in [6, 6.07) is 33.4. The van der Waals surface area contributed by atoms with E-state index in [9.17, 15) is 18.0 Å². The topological polar surface area (TPSA) is 148 Å². The van der Waals surface area contributed by atoms with Crippen molar-refractivity contribution in [3.63, 3.8) is 0 Å². The van der Waals surface area contributed by atoms with E-state index in [0.29, 0.717) is 29.0 Å². The molecular weight excluding hydrogens is 789 g/mol. The van der Waals surface area contributed by atoms with Crippen LogP contribution in [-0.2, 0) is 34.0 Å². The molecule has 0 amide bonds. The predicted octanol–water partition coefficient (Wildman–Crippen LogP) is 5.75. The number of methoxy groups -OCH3 is 2. The summed E-state index contributed by atoms with van der Waals surface area (Å²) < 4.78 is 84.0. The highest BCUT2D eigenvalue weighted by molar-refractivity contribution is 7.91. The first-order valence-electron chi connectivity index (χ1n) is 18.9. The van der Waals surface area contributed by atoms with Crippen LogP contribution in [0.1, 0.15) is 35.8 Å². The number of hydrogen-bond acceptors (Lipinski definition) is 11. The minimum absolute atomic E-state index is 0.183. The minimum atomic E-state index is -3.73. The summed E-state index contributed by atoms with van der Waals surface area (Å²) in [7, 11) is -2.58. The molecule has 4 heterocycles. The van der Waals surface area contributed by atoms with Crippen molar-refractivity contribution >= 4 is 18.4 Å². The van der Waals surface area contributed by atoms with Crippen molar-refractivity contribution in [3.8, 4) is 11.5 Å². The number of alkyl halides is 1. The SMILES string of the molecule is COc1ccc(C(OC[C@H]2O[C@@H](n3c(=O)cc[nH]c3=O)[C@@H](F)[C@@H]2O[P@]2O[C@H](CS(=O)(=O)c3ccccc3)[C@@H]3CCCN32)(c2ccccc2)c2ccc(OC)cc2)cc1. The molecule has 16 heteroatoms. The van der Waals surface area contributed by atoms with Gasteiger partial charge < -0.3 is 33.0 Å². The van der Waals surface area contributed by atoms with Gasteiger partial charge in [0, 0.05) is 24.8 Å². The summed E-state index contributed by atoms with van der Waals surface area (Å²) in [5.74, 6) is 0.973. The van der Waals surface area contributed by atoms with Gasteiger partial charge >= 0.3 is 5.69 Å². The largest absolute Gasteiger partial charge is 0.497 e. The third-order valence-electron chi connectivity index (χ3n) is 10.9. The van der Waals surface area contributed by atoms with Crippen LogP contribution in [-0.4, -0.2) is 86.3 Å². The van der Waals surface area contributed by atoms with Crippen LogP contribution in [0.4, 0.5) is 4.39 Å². The van der Waals surface area contributed by atoms with E-state index >= 15 is 4.39 Å². The second-order valence-corrected chi connectivity index (χ2v) is 17.7. The number of ether oxygens (including phenoxy) is 4. The van der Waals surface area contributed by atoms with Gasteiger partial charge in [0.25, 0.3) is 14.1 Å². The Hall–Kier alpha value is -4.73. The minimum Gasteiger partial charge on any atom is -0.497 e. The molecule has 0 bridgehead atoms. The number of nitrogens with one attached hydrogen (secondary N) is 1. The lowest BCUT2D eigenvalue weighted by Gasteiger charge is -2.37. The van der Waals surface area contributed by atoms with Crippen molar-refractivity contribution in [2.75, 3.05) is 33.1 Å². The third kappa shape index (κ3) is 7.63. The van der Waals surface area contributed by atoms with Crippen LogP contribution < -0.4 is 20.7 Å². The lowest BCUT2D eigenvalue weighted by molar-refractivity contribution is -0.0936. The number of hydrogen-bond donors (Lipinski definition) is 1. The second kappa shape index (κ2) is 16.9. The molecule has 13 nitrogen and oxygen atoms in total. The Labute approximate surface area is 336 Å². The molecule has 1 aromatic heterocycles. The van der Waals surface area contributed by atoms with E-state index in [1.165, 1.54) is 6.20 Å². The molecule has 3 fully saturated rings. The Morgan fingerprint density at radius 3 is 2.03 bits per heavy atom. The normalized spacial score (nSPS) is 24.8. The monoisotopic (exact) mass is 831 g/mol. The Bertz CT molecular complexity index is 2330. The van der Waals surface area contributed by atoms with Gasteiger partial charge in [-0.1, -0.05) is 72.8 Å². The van der Waals surface area contributed by atoms with Crippen molar-refractivity contribution in [3.05, 3.63) is 159 Å². The Morgan fingerprint density at radius 2 is 1.43 bits per heavy atom. The van der Waals surface area contributed by atoms with Crippen LogP contribution in [0, 0.1) is 0 Å². The number of H-pyrrole nitrogens is 1. The summed E-state index contributed by atoms with van der Waals surface area (Å²) in [4.78, 5) is 28.7. The molecule has 5 aromatic rings. The molecule has 0 saturated carbocycles. The van der Waals surface area contributed by atoms with Crippen LogP contribution >= 0.6 is 8.53 Å². The fourth-order valence-corrected chi connectivity index (χ4v) is 11.6. The van der Waals surface area contributed by atoms with E-state index < -0.39 is 65.9 Å². The number of nitrogens with zero attached hydrogens (tertiary/aromatic N) is 2. The smallest absolute Gasteiger partial charge is 0.330 e. The molecule has 0 spiro atoms. The maximum absolute atomic E-state index is 17.1. The van der Waals surface area contributed by atoms with Gasteiger partial charge in [0.2, 0.25) is 0 Å². The summed E-state index contributed by atoms with van der Waals surface area (Å²) in [6.45, 7) is 0.268. The lowest BCUT2D eigenvalue weighted by atomic mass is 9.80. The van der Waals surface area contributed by atoms with Gasteiger partial charge in [-0.15, -0.1) is 0 Å². The standard InChI is InChI=1S/C42H43FN3O10PS/c1-51-31-19-15-29(16-20-31)42(28-10-5-3-6-11-28,30-17-21-32(52-2)22-18-30)53-26-35-39(38(43)40(54-35)46-37(47)23-24-44-41(46)48)56-57-45-25-9-14-34(45)36(55-57)27-58(49,50)33-12-7-4-8-13-33/h3-8,10-13,15-24,34-36,38-40H,9,14,25-27H2,1-2H3,(H,44,48)/t34-,35+,36+,38-,39+,40+,57-/m0/s1. The molecule has 3 saturated heterocycles. The zero-order chi connectivity index (χ0) is 40.4. The number of aromatic nitrogens is 2. The van der Waals surface area contributed by atoms with E-state index in [1.54, 1.807) is 44.6 Å². The zero-order valence-electron chi connectivity index (χ0n) is 31.8. The highest BCUT2D eigenvalue weighted by Crippen LogP contribution is 2.58. The maximum atomic E-state index is 17.1. The number of benzene rings is 4. The molecule has 1 N–H and O–H groups in total. The van der Waals surface area contributed by atoms with Crippen LogP contribution in [0.2, 0.25) is 0 Å². The fourth-order valence-electron chi connectivity index (χ4n) is 7.99. The summed E-state index contributed by atoms with van der Waals surface area (Å²) >= 11 is 0. The van der Waals surface area contributed by atoms with Crippen molar-refractivity contribution in [1.82, 2.24) is 14.2 Å². The number of halogens is 1. The average molecular weight is 832 g/mol. The van der Waals surface area contributed by atoms with Gasteiger partial charge in [0.1, 0.15) is 29.3 Å². The second-order valence-electron chi connectivity index (χ2n) is 14.2. The van der Waals surface area contributed by atoms with Gasteiger partial charge in [-0.2, -0.15) is 0 Å². The molecule has 0 aliphatic carbocycles. The third-order valence-corrected chi connectivity index (χ3v) is 14.4. The van der Waals surface area contributed by atoms with Crippen molar-refractivity contribution in [1.29, 1.82) is 0 Å². The molecule has 4 aromatic carbocycles. The molecule has 8 rings (SSSR count). The molecule has 7 atom stereocenters. The summed E-state index contributed by atoms with van der Waals surface area (Å²) in [5, 5.41) is 0. The van der Waals surface area contributed by atoms with E-state index in [2.05, 4.69) is 4.98 Å². The van der Waals surface area contributed by atoms with Gasteiger partial charge in [-0.25, -0.2) is 26.8 Å². The first-order valence-corrected chi connectivity index (χ1v) is 21.7. The number of aromatic amines is 1. The summed E-state index contributed by atoms with van der Waals surface area (Å²) in [6.07, 6.45) is -4.43. The molecule has 0 unspecified atom stereocenters. The maximum Gasteiger partial charge on any atom is 0.330 e. The van der Waals surface area contributed by atoms with E-state index in [0.717, 1.165) is 29.2 Å². The van der Waals surface area contributed by atoms with Crippen LogP contribution in [0.25, 0.3) is 0 Å². The molecule has 0 radical (unpaired) electrons. The Kier molecular flexibility index (Phi) is 11.6. The van der Waals surface area contributed by atoms with Crippen LogP contribution in [0.15, 0.2) is 136 Å². The summed E-state index contributed by atoms with van der Waals surface area (Å²) in [5.41, 5.74) is -0.754. The molecule has 3 aliphatic heterocycles. The fraction of sp³-hybridized carbons (Fsp3) is 0.333. The predicted molar refractivity (Wildman–Crippen MR) is 213 cm³/mol. The van der Waals surface area contributed by atoms with Gasteiger partial charge in [0.05, 0.1) is 37.6 Å². The Morgan fingerprint density at radius 1 is 0.828 bits per heavy atom. The van der Waals surface area contributed by atoms with E-state index in [1.807, 2.05) is 83.5 Å². The quantitative estimate of drug-likeness (QED) is 0.108.